The molecule has 2 N–H and O–H groups in total. The van der Waals surface area contributed by atoms with Gasteiger partial charge >= 0.3 is 0 Å². The molecule has 0 fully saturated rings. The Labute approximate surface area is 215 Å². The van der Waals surface area contributed by atoms with Crippen molar-refractivity contribution in [2.45, 2.75) is 78.3 Å². The lowest BCUT2D eigenvalue weighted by Gasteiger charge is -2.08. The van der Waals surface area contributed by atoms with Crippen LogP contribution >= 0.6 is 0 Å². The van der Waals surface area contributed by atoms with Crippen molar-refractivity contribution in [2.24, 2.45) is 0 Å². The van der Waals surface area contributed by atoms with Crippen LogP contribution in [0.15, 0.2) is 73.3 Å². The SMILES string of the molecule is CCCCCC[n+]1ccc(C(=O)Nc2ccc(NC(=O)c3cc[n+](CCCCCC)cc3)cc2)cc1. The Morgan fingerprint density at radius 1 is 0.556 bits per heavy atom. The van der Waals surface area contributed by atoms with Crippen LogP contribution in [0.3, 0.4) is 0 Å². The van der Waals surface area contributed by atoms with Crippen molar-refractivity contribution in [3.05, 3.63) is 84.4 Å². The Morgan fingerprint density at radius 2 is 0.917 bits per heavy atom. The first-order valence-electron chi connectivity index (χ1n) is 13.3. The lowest BCUT2D eigenvalue weighted by molar-refractivity contribution is -0.697. The molecule has 0 spiro atoms. The minimum Gasteiger partial charge on any atom is -0.322 e. The quantitative estimate of drug-likeness (QED) is 0.218. The number of benzene rings is 1. The largest absolute Gasteiger partial charge is 0.322 e. The summed E-state index contributed by atoms with van der Waals surface area (Å²) in [6.07, 6.45) is 17.5. The topological polar surface area (TPSA) is 66.0 Å². The normalized spacial score (nSPS) is 10.7. The Bertz CT molecular complexity index is 989. The molecule has 0 saturated carbocycles. The van der Waals surface area contributed by atoms with Gasteiger partial charge in [-0.2, -0.15) is 0 Å². The maximum Gasteiger partial charge on any atom is 0.256 e. The maximum atomic E-state index is 12.6. The molecule has 2 heterocycles. The molecular formula is C30H40N4O2+2. The van der Waals surface area contributed by atoms with E-state index < -0.39 is 0 Å². The Kier molecular flexibility index (Phi) is 11.1. The lowest BCUT2D eigenvalue weighted by atomic mass is 10.2. The Hall–Kier alpha value is -3.54. The highest BCUT2D eigenvalue weighted by Gasteiger charge is 2.11. The number of nitrogens with one attached hydrogen (secondary N) is 2. The van der Waals surface area contributed by atoms with Gasteiger partial charge < -0.3 is 10.6 Å². The Morgan fingerprint density at radius 3 is 1.25 bits per heavy atom. The van der Waals surface area contributed by atoms with Crippen molar-refractivity contribution >= 4 is 23.2 Å². The number of amides is 2. The van der Waals surface area contributed by atoms with Gasteiger partial charge in [-0.25, -0.2) is 9.13 Å². The molecule has 0 aliphatic rings. The lowest BCUT2D eigenvalue weighted by Crippen LogP contribution is -2.33. The number of nitrogens with zero attached hydrogens (tertiary/aromatic N) is 2. The van der Waals surface area contributed by atoms with Crippen LogP contribution in [0.4, 0.5) is 11.4 Å². The molecule has 0 bridgehead atoms. The summed E-state index contributed by atoms with van der Waals surface area (Å²) in [6, 6.07) is 14.5. The van der Waals surface area contributed by atoms with E-state index >= 15 is 0 Å². The first-order chi connectivity index (χ1) is 17.6. The molecule has 0 aliphatic heterocycles. The molecule has 0 radical (unpaired) electrons. The number of carbonyl (C=O) groups excluding carboxylic acids is 2. The molecule has 6 nitrogen and oxygen atoms in total. The molecule has 1 aromatic carbocycles. The zero-order valence-corrected chi connectivity index (χ0v) is 21.7. The highest BCUT2D eigenvalue weighted by atomic mass is 16.2. The van der Waals surface area contributed by atoms with Crippen molar-refractivity contribution in [3.8, 4) is 0 Å². The molecule has 0 saturated heterocycles. The van der Waals surface area contributed by atoms with Crippen LogP contribution in [0.1, 0.15) is 85.9 Å². The molecule has 0 unspecified atom stereocenters. The zero-order chi connectivity index (χ0) is 25.6. The number of aromatic nitrogens is 2. The third kappa shape index (κ3) is 8.91. The van der Waals surface area contributed by atoms with Crippen LogP contribution in [0.2, 0.25) is 0 Å². The summed E-state index contributed by atoms with van der Waals surface area (Å²) in [5, 5.41) is 5.83. The van der Waals surface area contributed by atoms with Crippen molar-refractivity contribution in [1.82, 2.24) is 0 Å². The number of unbranched alkanes of at least 4 members (excludes halogenated alkanes) is 6. The fourth-order valence-electron chi connectivity index (χ4n) is 4.00. The summed E-state index contributed by atoms with van der Waals surface area (Å²) in [5.74, 6) is -0.311. The molecule has 2 aromatic heterocycles. The van der Waals surface area contributed by atoms with Gasteiger partial charge in [-0.15, -0.1) is 0 Å². The van der Waals surface area contributed by atoms with Gasteiger partial charge in [0, 0.05) is 48.5 Å². The standard InChI is InChI=1S/C30H38N4O2/c1-3-5-7-9-19-33-21-15-25(16-22-33)29(35)31-27-11-13-28(14-12-27)32-30(36)26-17-23-34(24-18-26)20-10-8-6-4-2/h11-18,21-24H,3-10,19-20H2,1-2H3/p+2. The third-order valence-corrected chi connectivity index (χ3v) is 6.25. The second-order valence-electron chi connectivity index (χ2n) is 9.26. The first-order valence-corrected chi connectivity index (χ1v) is 13.3. The summed E-state index contributed by atoms with van der Waals surface area (Å²) >= 11 is 0. The Balaban J connectivity index is 1.47. The van der Waals surface area contributed by atoms with Gasteiger partial charge in [0.15, 0.2) is 24.8 Å². The predicted octanol–water partition coefficient (Wildman–Crippen LogP) is 5.93. The fraction of sp³-hybridized carbons (Fsp3) is 0.400. The highest BCUT2D eigenvalue weighted by Crippen LogP contribution is 2.15. The van der Waals surface area contributed by atoms with E-state index in [9.17, 15) is 9.59 Å². The minimum atomic E-state index is -0.155. The molecule has 0 atom stereocenters. The van der Waals surface area contributed by atoms with Crippen LogP contribution in [0.5, 0.6) is 0 Å². The summed E-state index contributed by atoms with van der Waals surface area (Å²) in [7, 11) is 0. The van der Waals surface area contributed by atoms with E-state index in [1.165, 1.54) is 38.5 Å². The third-order valence-electron chi connectivity index (χ3n) is 6.25. The summed E-state index contributed by atoms with van der Waals surface area (Å²) in [4.78, 5) is 25.2. The highest BCUT2D eigenvalue weighted by molar-refractivity contribution is 6.05. The molecule has 36 heavy (non-hydrogen) atoms. The number of aryl methyl sites for hydroxylation is 2. The molecule has 190 valence electrons. The minimum absolute atomic E-state index is 0.155. The van der Waals surface area contributed by atoms with E-state index in [0.717, 1.165) is 25.9 Å². The van der Waals surface area contributed by atoms with Gasteiger partial charge in [0.25, 0.3) is 11.8 Å². The van der Waals surface area contributed by atoms with Crippen LogP contribution in [-0.2, 0) is 13.1 Å². The average molecular weight is 489 g/mol. The molecule has 2 amide bonds. The second kappa shape index (κ2) is 14.8. The monoisotopic (exact) mass is 488 g/mol. The van der Waals surface area contributed by atoms with Crippen LogP contribution in [0.25, 0.3) is 0 Å². The molecule has 3 aromatic rings. The number of carbonyl (C=O) groups is 2. The van der Waals surface area contributed by atoms with Crippen molar-refractivity contribution < 1.29 is 18.7 Å². The van der Waals surface area contributed by atoms with Crippen LogP contribution in [0, 0.1) is 0 Å². The predicted molar refractivity (Wildman–Crippen MR) is 144 cm³/mol. The van der Waals surface area contributed by atoms with Crippen molar-refractivity contribution in [1.29, 1.82) is 0 Å². The van der Waals surface area contributed by atoms with E-state index in [1.54, 1.807) is 24.3 Å². The molecule has 0 aliphatic carbocycles. The summed E-state index contributed by atoms with van der Waals surface area (Å²) in [6.45, 7) is 6.35. The molecule has 6 heteroatoms. The van der Waals surface area contributed by atoms with E-state index in [4.69, 9.17) is 0 Å². The van der Waals surface area contributed by atoms with Crippen molar-refractivity contribution in [3.63, 3.8) is 0 Å². The zero-order valence-electron chi connectivity index (χ0n) is 21.7. The first kappa shape index (κ1) is 27.1. The van der Waals surface area contributed by atoms with E-state index in [0.29, 0.717) is 22.5 Å². The number of rotatable bonds is 14. The van der Waals surface area contributed by atoms with E-state index in [-0.39, 0.29) is 11.8 Å². The number of hydrogen-bond donors (Lipinski definition) is 2. The van der Waals surface area contributed by atoms with Gasteiger partial charge in [0.05, 0.1) is 11.1 Å². The second-order valence-corrected chi connectivity index (χ2v) is 9.26. The van der Waals surface area contributed by atoms with E-state index in [1.807, 2.05) is 49.1 Å². The number of hydrogen-bond acceptors (Lipinski definition) is 2. The van der Waals surface area contributed by atoms with Gasteiger partial charge in [-0.1, -0.05) is 39.5 Å². The van der Waals surface area contributed by atoms with Gasteiger partial charge in [0.2, 0.25) is 0 Å². The maximum absolute atomic E-state index is 12.6. The number of pyridine rings is 2. The van der Waals surface area contributed by atoms with Gasteiger partial charge in [-0.05, 0) is 37.1 Å². The van der Waals surface area contributed by atoms with E-state index in [2.05, 4.69) is 33.6 Å². The molecule has 3 rings (SSSR count). The fourth-order valence-corrected chi connectivity index (χ4v) is 4.00. The number of anilines is 2. The van der Waals surface area contributed by atoms with Crippen LogP contribution < -0.4 is 19.8 Å². The van der Waals surface area contributed by atoms with Gasteiger partial charge in [-0.3, -0.25) is 9.59 Å². The van der Waals surface area contributed by atoms with Gasteiger partial charge in [0.1, 0.15) is 13.1 Å². The van der Waals surface area contributed by atoms with Crippen LogP contribution in [-0.4, -0.2) is 11.8 Å². The average Bonchev–Trinajstić information content (AvgIpc) is 2.91. The van der Waals surface area contributed by atoms with Crippen molar-refractivity contribution in [2.75, 3.05) is 10.6 Å². The summed E-state index contributed by atoms with van der Waals surface area (Å²) < 4.78 is 4.23. The smallest absolute Gasteiger partial charge is 0.256 e. The summed E-state index contributed by atoms with van der Waals surface area (Å²) in [5.41, 5.74) is 2.59. The molecular weight excluding hydrogens is 448 g/mol.